The molecule has 0 spiro atoms. The van der Waals surface area contributed by atoms with Crippen molar-refractivity contribution in [3.63, 3.8) is 0 Å². The highest BCUT2D eigenvalue weighted by atomic mass is 16.3. The van der Waals surface area contributed by atoms with Crippen LogP contribution in [0.5, 0.6) is 0 Å². The average molecular weight is 211 g/mol. The van der Waals surface area contributed by atoms with E-state index in [2.05, 4.69) is 12.2 Å². The van der Waals surface area contributed by atoms with E-state index in [4.69, 9.17) is 0 Å². The molecule has 2 aliphatic rings. The average Bonchev–Trinajstić information content (AvgIpc) is 2.65. The lowest BCUT2D eigenvalue weighted by Gasteiger charge is -2.36. The lowest BCUT2D eigenvalue weighted by atomic mass is 9.84. The normalized spacial score (nSPS) is 29.2. The van der Waals surface area contributed by atoms with E-state index in [9.17, 15) is 5.11 Å². The standard InChI is InChI=1S/C13H25NO/c1-12(7-5-6-8-12)14-11-13(15)9-3-2-4-10-13/h14-15H,2-11H2,1H3. The maximum atomic E-state index is 10.4. The molecule has 0 heterocycles. The van der Waals surface area contributed by atoms with Gasteiger partial charge in [0.05, 0.1) is 5.60 Å². The molecule has 0 aliphatic heterocycles. The van der Waals surface area contributed by atoms with Crippen LogP contribution in [0.25, 0.3) is 0 Å². The smallest absolute Gasteiger partial charge is 0.0771 e. The topological polar surface area (TPSA) is 32.3 Å². The summed E-state index contributed by atoms with van der Waals surface area (Å²) in [5.41, 5.74) is -0.0863. The van der Waals surface area contributed by atoms with E-state index in [1.54, 1.807) is 0 Å². The van der Waals surface area contributed by atoms with Crippen molar-refractivity contribution in [1.29, 1.82) is 0 Å². The van der Waals surface area contributed by atoms with E-state index in [1.165, 1.54) is 44.9 Å². The number of β-amino-alcohol motifs (C(OH)–C–C–N with tert-alkyl or cyclic N) is 1. The van der Waals surface area contributed by atoms with Gasteiger partial charge in [-0.25, -0.2) is 0 Å². The second-order valence-electron chi connectivity index (χ2n) is 5.91. The Morgan fingerprint density at radius 3 is 2.07 bits per heavy atom. The van der Waals surface area contributed by atoms with Gasteiger partial charge in [-0.05, 0) is 32.6 Å². The fourth-order valence-electron chi connectivity index (χ4n) is 3.10. The minimum Gasteiger partial charge on any atom is -0.389 e. The quantitative estimate of drug-likeness (QED) is 0.752. The largest absolute Gasteiger partial charge is 0.389 e. The number of nitrogens with one attached hydrogen (secondary N) is 1. The van der Waals surface area contributed by atoms with Crippen LogP contribution in [0.2, 0.25) is 0 Å². The van der Waals surface area contributed by atoms with E-state index in [0.29, 0.717) is 5.54 Å². The molecule has 0 aromatic carbocycles. The van der Waals surface area contributed by atoms with Crippen LogP contribution in [0.3, 0.4) is 0 Å². The van der Waals surface area contributed by atoms with Crippen molar-refractivity contribution < 1.29 is 5.11 Å². The third kappa shape index (κ3) is 2.94. The molecule has 0 bridgehead atoms. The van der Waals surface area contributed by atoms with Crippen molar-refractivity contribution in [3.8, 4) is 0 Å². The lowest BCUT2D eigenvalue weighted by Crippen LogP contribution is -2.50. The molecule has 2 N–H and O–H groups in total. The van der Waals surface area contributed by atoms with Crippen LogP contribution in [0.1, 0.15) is 64.7 Å². The molecule has 0 unspecified atom stereocenters. The second-order valence-corrected chi connectivity index (χ2v) is 5.91. The maximum Gasteiger partial charge on any atom is 0.0771 e. The summed E-state index contributed by atoms with van der Waals surface area (Å²) >= 11 is 0. The summed E-state index contributed by atoms with van der Waals surface area (Å²) in [4.78, 5) is 0. The molecule has 2 nitrogen and oxygen atoms in total. The van der Waals surface area contributed by atoms with Gasteiger partial charge in [-0.2, -0.15) is 0 Å². The summed E-state index contributed by atoms with van der Waals surface area (Å²) in [5, 5.41) is 14.0. The predicted molar refractivity (Wildman–Crippen MR) is 62.9 cm³/mol. The molecule has 88 valence electrons. The predicted octanol–water partition coefficient (Wildman–Crippen LogP) is 2.60. The SMILES string of the molecule is CC1(NCC2(O)CCCCC2)CCCC1. The van der Waals surface area contributed by atoms with E-state index in [1.807, 2.05) is 0 Å². The van der Waals surface area contributed by atoms with Gasteiger partial charge < -0.3 is 10.4 Å². The molecule has 2 aliphatic carbocycles. The van der Waals surface area contributed by atoms with Crippen molar-refractivity contribution >= 4 is 0 Å². The summed E-state index contributed by atoms with van der Waals surface area (Å²) in [6.45, 7) is 3.12. The van der Waals surface area contributed by atoms with Crippen molar-refractivity contribution in [2.45, 2.75) is 75.9 Å². The minimum atomic E-state index is -0.399. The van der Waals surface area contributed by atoms with Gasteiger partial charge in [0.1, 0.15) is 0 Å². The Hall–Kier alpha value is -0.0800. The van der Waals surface area contributed by atoms with Crippen LogP contribution in [0.4, 0.5) is 0 Å². The Morgan fingerprint density at radius 2 is 1.47 bits per heavy atom. The number of rotatable bonds is 3. The molecule has 0 aromatic heterocycles. The molecule has 2 rings (SSSR count). The molecule has 0 atom stereocenters. The van der Waals surface area contributed by atoms with E-state index >= 15 is 0 Å². The fraction of sp³-hybridized carbons (Fsp3) is 1.00. The monoisotopic (exact) mass is 211 g/mol. The zero-order chi connectivity index (χ0) is 10.8. The van der Waals surface area contributed by atoms with Gasteiger partial charge in [-0.3, -0.25) is 0 Å². The van der Waals surface area contributed by atoms with Crippen LogP contribution in [0.15, 0.2) is 0 Å². The molecule has 0 amide bonds. The molecule has 0 aromatic rings. The Morgan fingerprint density at radius 1 is 0.933 bits per heavy atom. The van der Waals surface area contributed by atoms with Gasteiger partial charge in [0.2, 0.25) is 0 Å². The van der Waals surface area contributed by atoms with Crippen molar-refractivity contribution in [1.82, 2.24) is 5.32 Å². The van der Waals surface area contributed by atoms with E-state index in [-0.39, 0.29) is 0 Å². The maximum absolute atomic E-state index is 10.4. The highest BCUT2D eigenvalue weighted by Gasteiger charge is 2.34. The van der Waals surface area contributed by atoms with Gasteiger partial charge >= 0.3 is 0 Å². The summed E-state index contributed by atoms with van der Waals surface area (Å²) in [6, 6.07) is 0. The van der Waals surface area contributed by atoms with Crippen LogP contribution >= 0.6 is 0 Å². The second kappa shape index (κ2) is 4.42. The molecule has 2 heteroatoms. The summed E-state index contributed by atoms with van der Waals surface area (Å²) in [7, 11) is 0. The van der Waals surface area contributed by atoms with Crippen LogP contribution in [-0.2, 0) is 0 Å². The van der Waals surface area contributed by atoms with E-state index in [0.717, 1.165) is 19.4 Å². The van der Waals surface area contributed by atoms with Gasteiger partial charge in [0.15, 0.2) is 0 Å². The Balaban J connectivity index is 1.80. The highest BCUT2D eigenvalue weighted by Crippen LogP contribution is 2.32. The van der Waals surface area contributed by atoms with Gasteiger partial charge in [0.25, 0.3) is 0 Å². The first-order valence-electron chi connectivity index (χ1n) is 6.59. The van der Waals surface area contributed by atoms with Crippen molar-refractivity contribution in [3.05, 3.63) is 0 Å². The number of aliphatic hydroxyl groups is 1. The van der Waals surface area contributed by atoms with Gasteiger partial charge in [-0.15, -0.1) is 0 Å². The lowest BCUT2D eigenvalue weighted by molar-refractivity contribution is -0.00118. The Labute approximate surface area is 93.5 Å². The summed E-state index contributed by atoms with van der Waals surface area (Å²) in [6.07, 6.45) is 11.0. The summed E-state index contributed by atoms with van der Waals surface area (Å²) in [5.74, 6) is 0. The summed E-state index contributed by atoms with van der Waals surface area (Å²) < 4.78 is 0. The molecule has 0 saturated heterocycles. The molecular weight excluding hydrogens is 186 g/mol. The first-order chi connectivity index (χ1) is 7.12. The van der Waals surface area contributed by atoms with Crippen molar-refractivity contribution in [2.24, 2.45) is 0 Å². The van der Waals surface area contributed by atoms with Crippen molar-refractivity contribution in [2.75, 3.05) is 6.54 Å². The molecule has 2 fully saturated rings. The highest BCUT2D eigenvalue weighted by molar-refractivity contribution is 4.92. The first-order valence-corrected chi connectivity index (χ1v) is 6.59. The Kier molecular flexibility index (Phi) is 3.36. The Bertz CT molecular complexity index is 203. The van der Waals surface area contributed by atoms with E-state index < -0.39 is 5.60 Å². The molecule has 2 saturated carbocycles. The first kappa shape index (κ1) is 11.4. The van der Waals surface area contributed by atoms with Crippen LogP contribution in [-0.4, -0.2) is 22.8 Å². The fourth-order valence-corrected chi connectivity index (χ4v) is 3.10. The molecular formula is C13H25NO. The zero-order valence-corrected chi connectivity index (χ0v) is 10.0. The van der Waals surface area contributed by atoms with Crippen LogP contribution < -0.4 is 5.32 Å². The van der Waals surface area contributed by atoms with Crippen LogP contribution in [0, 0.1) is 0 Å². The van der Waals surface area contributed by atoms with Gasteiger partial charge in [0, 0.05) is 12.1 Å². The molecule has 15 heavy (non-hydrogen) atoms. The number of hydrogen-bond donors (Lipinski definition) is 2. The van der Waals surface area contributed by atoms with Gasteiger partial charge in [-0.1, -0.05) is 32.1 Å². The number of hydrogen-bond acceptors (Lipinski definition) is 2. The third-order valence-electron chi connectivity index (χ3n) is 4.34. The zero-order valence-electron chi connectivity index (χ0n) is 10.0. The third-order valence-corrected chi connectivity index (χ3v) is 4.34. The minimum absolute atomic E-state index is 0.313. The molecule has 0 radical (unpaired) electrons.